The van der Waals surface area contributed by atoms with Crippen LogP contribution in [0.1, 0.15) is 70.3 Å². The highest BCUT2D eigenvalue weighted by Gasteiger charge is 2.37. The maximum absolute atomic E-state index is 13.2. The molecule has 8 heteroatoms. The second-order valence-electron chi connectivity index (χ2n) is 8.15. The Morgan fingerprint density at radius 3 is 2.00 bits per heavy atom. The van der Waals surface area contributed by atoms with Crippen LogP contribution in [-0.4, -0.2) is 28.7 Å². The Balaban J connectivity index is 1.66. The minimum atomic E-state index is -1.41. The van der Waals surface area contributed by atoms with Crippen LogP contribution in [0.25, 0.3) is 10.2 Å². The fourth-order valence-electron chi connectivity index (χ4n) is 4.39. The van der Waals surface area contributed by atoms with Crippen LogP contribution in [0.2, 0.25) is 0 Å². The summed E-state index contributed by atoms with van der Waals surface area (Å²) in [7, 11) is 0. The van der Waals surface area contributed by atoms with Gasteiger partial charge < -0.3 is 9.47 Å². The van der Waals surface area contributed by atoms with Crippen molar-refractivity contribution in [1.29, 1.82) is 0 Å². The maximum atomic E-state index is 13.2. The standard InChI is InChI=1S/C22H26BrNO5S/c23-14-11-12-17-18(13-14)30-22(27)24(17)19(20(25)28-15-7-3-1-4-8-15)21(26)29-16-9-5-2-6-10-16/h11-13,15-16,19H,1-10H2. The molecule has 2 aromatic rings. The van der Waals surface area contributed by atoms with E-state index in [1.807, 2.05) is 6.07 Å². The molecule has 162 valence electrons. The van der Waals surface area contributed by atoms with Crippen molar-refractivity contribution in [3.8, 4) is 0 Å². The lowest BCUT2D eigenvalue weighted by Crippen LogP contribution is -2.39. The van der Waals surface area contributed by atoms with Crippen LogP contribution < -0.4 is 4.87 Å². The first-order valence-corrected chi connectivity index (χ1v) is 12.4. The molecule has 0 radical (unpaired) electrons. The number of carbonyl (C=O) groups excluding carboxylic acids is 2. The number of benzene rings is 1. The Bertz CT molecular complexity index is 940. The summed E-state index contributed by atoms with van der Waals surface area (Å²) in [5.41, 5.74) is 0.541. The predicted octanol–water partition coefficient (Wildman–Crippen LogP) is 5.12. The highest BCUT2D eigenvalue weighted by molar-refractivity contribution is 9.10. The molecular weight excluding hydrogens is 470 g/mol. The second-order valence-corrected chi connectivity index (χ2v) is 10.1. The van der Waals surface area contributed by atoms with E-state index in [2.05, 4.69) is 15.9 Å². The van der Waals surface area contributed by atoms with Crippen molar-refractivity contribution in [2.75, 3.05) is 0 Å². The van der Waals surface area contributed by atoms with Crippen LogP contribution in [0.15, 0.2) is 27.5 Å². The molecule has 0 N–H and O–H groups in total. The molecule has 0 bridgehead atoms. The average molecular weight is 496 g/mol. The molecule has 6 nitrogen and oxygen atoms in total. The normalized spacial score (nSPS) is 18.6. The smallest absolute Gasteiger partial charge is 0.341 e. The number of carbonyl (C=O) groups is 2. The minimum absolute atomic E-state index is 0.203. The summed E-state index contributed by atoms with van der Waals surface area (Å²) in [6, 6.07) is 3.94. The van der Waals surface area contributed by atoms with Crippen molar-refractivity contribution in [2.24, 2.45) is 0 Å². The van der Waals surface area contributed by atoms with E-state index in [4.69, 9.17) is 9.47 Å². The lowest BCUT2D eigenvalue weighted by Gasteiger charge is -2.27. The Hall–Kier alpha value is -1.67. The Kier molecular flexibility index (Phi) is 6.93. The number of esters is 2. The van der Waals surface area contributed by atoms with E-state index in [0.29, 0.717) is 10.2 Å². The van der Waals surface area contributed by atoms with Gasteiger partial charge in [0, 0.05) is 4.47 Å². The fourth-order valence-corrected chi connectivity index (χ4v) is 5.84. The Labute approximate surface area is 187 Å². The van der Waals surface area contributed by atoms with E-state index in [1.165, 1.54) is 4.57 Å². The zero-order valence-corrected chi connectivity index (χ0v) is 19.2. The third kappa shape index (κ3) is 4.80. The van der Waals surface area contributed by atoms with Crippen LogP contribution in [0.5, 0.6) is 0 Å². The second kappa shape index (κ2) is 9.64. The number of fused-ring (bicyclic) bond motifs is 1. The number of hydrogen-bond donors (Lipinski definition) is 0. The fraction of sp³-hybridized carbons (Fsp3) is 0.591. The summed E-state index contributed by atoms with van der Waals surface area (Å²) in [6.07, 6.45) is 9.05. The van der Waals surface area contributed by atoms with E-state index in [0.717, 1.165) is 80.0 Å². The molecule has 1 aromatic heterocycles. The molecule has 2 saturated carbocycles. The number of hydrogen-bond acceptors (Lipinski definition) is 6. The highest BCUT2D eigenvalue weighted by atomic mass is 79.9. The van der Waals surface area contributed by atoms with Crippen LogP contribution >= 0.6 is 27.3 Å². The molecule has 1 heterocycles. The molecule has 0 atom stereocenters. The van der Waals surface area contributed by atoms with Gasteiger partial charge in [-0.25, -0.2) is 9.59 Å². The summed E-state index contributed by atoms with van der Waals surface area (Å²) in [4.78, 5) is 38.8. The molecule has 2 aliphatic carbocycles. The van der Waals surface area contributed by atoms with Gasteiger partial charge in [0.15, 0.2) is 0 Å². The van der Waals surface area contributed by atoms with Gasteiger partial charge in [0.1, 0.15) is 12.2 Å². The van der Waals surface area contributed by atoms with Crippen LogP contribution in [0.4, 0.5) is 0 Å². The highest BCUT2D eigenvalue weighted by Crippen LogP contribution is 2.29. The van der Waals surface area contributed by atoms with E-state index >= 15 is 0 Å². The predicted molar refractivity (Wildman–Crippen MR) is 119 cm³/mol. The Morgan fingerprint density at radius 2 is 1.47 bits per heavy atom. The van der Waals surface area contributed by atoms with E-state index in [-0.39, 0.29) is 17.1 Å². The van der Waals surface area contributed by atoms with Crippen molar-refractivity contribution in [1.82, 2.24) is 4.57 Å². The summed E-state index contributed by atoms with van der Waals surface area (Å²) in [6.45, 7) is 0. The van der Waals surface area contributed by atoms with Crippen molar-refractivity contribution >= 4 is 49.4 Å². The SMILES string of the molecule is O=C(OC1CCCCC1)C(C(=O)OC1CCCCC1)n1c(=O)sc2cc(Br)ccc21. The van der Waals surface area contributed by atoms with E-state index in [9.17, 15) is 14.4 Å². The Morgan fingerprint density at radius 1 is 0.933 bits per heavy atom. The van der Waals surface area contributed by atoms with Crippen molar-refractivity contribution in [3.63, 3.8) is 0 Å². The molecule has 0 spiro atoms. The quantitative estimate of drug-likeness (QED) is 0.425. The summed E-state index contributed by atoms with van der Waals surface area (Å²) >= 11 is 4.41. The van der Waals surface area contributed by atoms with Gasteiger partial charge in [-0.05, 0) is 69.6 Å². The zero-order valence-electron chi connectivity index (χ0n) is 16.8. The van der Waals surface area contributed by atoms with Gasteiger partial charge in [0.2, 0.25) is 6.04 Å². The summed E-state index contributed by atoms with van der Waals surface area (Å²) < 4.78 is 14.2. The van der Waals surface area contributed by atoms with Gasteiger partial charge in [0.05, 0.1) is 10.2 Å². The van der Waals surface area contributed by atoms with Crippen molar-refractivity contribution < 1.29 is 19.1 Å². The van der Waals surface area contributed by atoms with E-state index < -0.39 is 18.0 Å². The number of ether oxygens (including phenoxy) is 2. The number of nitrogens with zero attached hydrogens (tertiary/aromatic N) is 1. The topological polar surface area (TPSA) is 74.6 Å². The van der Waals surface area contributed by atoms with Crippen LogP contribution in [-0.2, 0) is 19.1 Å². The summed E-state index contributed by atoms with van der Waals surface area (Å²) in [5.74, 6) is -1.38. The molecule has 0 aliphatic heterocycles. The molecule has 2 aliphatic rings. The largest absolute Gasteiger partial charge is 0.460 e. The molecule has 0 unspecified atom stereocenters. The molecule has 4 rings (SSSR count). The molecule has 1 aromatic carbocycles. The third-order valence-electron chi connectivity index (χ3n) is 5.95. The first kappa shape index (κ1) is 21.6. The summed E-state index contributed by atoms with van der Waals surface area (Å²) in [5, 5.41) is 0. The van der Waals surface area contributed by atoms with Crippen LogP contribution in [0, 0.1) is 0 Å². The molecule has 30 heavy (non-hydrogen) atoms. The third-order valence-corrected chi connectivity index (χ3v) is 7.36. The van der Waals surface area contributed by atoms with Crippen LogP contribution in [0.3, 0.4) is 0 Å². The monoisotopic (exact) mass is 495 g/mol. The van der Waals surface area contributed by atoms with Gasteiger partial charge >= 0.3 is 16.8 Å². The minimum Gasteiger partial charge on any atom is -0.460 e. The zero-order chi connectivity index (χ0) is 21.1. The maximum Gasteiger partial charge on any atom is 0.341 e. The number of rotatable bonds is 5. The molecule has 0 saturated heterocycles. The van der Waals surface area contributed by atoms with Gasteiger partial charge in [0.25, 0.3) is 0 Å². The lowest BCUT2D eigenvalue weighted by molar-refractivity contribution is -0.168. The van der Waals surface area contributed by atoms with Crippen molar-refractivity contribution in [3.05, 3.63) is 32.3 Å². The van der Waals surface area contributed by atoms with Gasteiger partial charge in [-0.1, -0.05) is 40.1 Å². The van der Waals surface area contributed by atoms with Gasteiger partial charge in [-0.3, -0.25) is 9.36 Å². The average Bonchev–Trinajstić information content (AvgIpc) is 3.04. The molecular formula is C22H26BrNO5S. The first-order valence-electron chi connectivity index (χ1n) is 10.7. The van der Waals surface area contributed by atoms with Crippen molar-refractivity contribution in [2.45, 2.75) is 82.5 Å². The lowest BCUT2D eigenvalue weighted by atomic mass is 9.97. The van der Waals surface area contributed by atoms with Gasteiger partial charge in [-0.2, -0.15) is 0 Å². The van der Waals surface area contributed by atoms with E-state index in [1.54, 1.807) is 12.1 Å². The number of aromatic nitrogens is 1. The van der Waals surface area contributed by atoms with Gasteiger partial charge in [-0.15, -0.1) is 0 Å². The first-order chi connectivity index (χ1) is 14.5. The number of thiazole rings is 1. The molecule has 2 fully saturated rings. The molecule has 0 amide bonds. The number of halogens is 1.